The first-order valence-corrected chi connectivity index (χ1v) is 5.50. The fraction of sp³-hybridized carbons (Fsp3) is 0.182. The zero-order chi connectivity index (χ0) is 11.9. The van der Waals surface area contributed by atoms with Gasteiger partial charge in [-0.1, -0.05) is 0 Å². The average molecular weight is 237 g/mol. The van der Waals surface area contributed by atoms with Crippen molar-refractivity contribution in [3.05, 3.63) is 28.5 Å². The van der Waals surface area contributed by atoms with Gasteiger partial charge in [-0.15, -0.1) is 11.3 Å². The van der Waals surface area contributed by atoms with Gasteiger partial charge in [0, 0.05) is 10.4 Å². The van der Waals surface area contributed by atoms with Crippen LogP contribution >= 0.6 is 11.3 Å². The van der Waals surface area contributed by atoms with Gasteiger partial charge in [-0.2, -0.15) is 0 Å². The highest BCUT2D eigenvalue weighted by atomic mass is 32.1. The number of carbonyl (C=O) groups is 1. The molecule has 2 aromatic rings. The van der Waals surface area contributed by atoms with Crippen molar-refractivity contribution in [2.24, 2.45) is 0 Å². The number of rotatable bonds is 2. The number of carboxylic acid groups (broad SMARTS) is 1. The molecule has 2 aromatic heterocycles. The van der Waals surface area contributed by atoms with Crippen molar-refractivity contribution < 1.29 is 14.3 Å². The zero-order valence-corrected chi connectivity index (χ0v) is 9.72. The summed E-state index contributed by atoms with van der Waals surface area (Å²) in [4.78, 5) is 12.0. The lowest BCUT2D eigenvalue weighted by molar-refractivity contribution is 0.0703. The molecule has 0 unspecified atom stereocenters. The highest BCUT2D eigenvalue weighted by Crippen LogP contribution is 2.39. The Balaban J connectivity index is 2.64. The second-order valence-corrected chi connectivity index (χ2v) is 4.52. The molecule has 0 radical (unpaired) electrons. The molecule has 0 saturated carbocycles. The van der Waals surface area contributed by atoms with Gasteiger partial charge < -0.3 is 15.3 Å². The van der Waals surface area contributed by atoms with Crippen LogP contribution in [0.2, 0.25) is 0 Å². The fourth-order valence-corrected chi connectivity index (χ4v) is 2.70. The molecule has 2 rings (SSSR count). The molecular formula is C11H11NO3S. The lowest BCUT2D eigenvalue weighted by Gasteiger charge is -1.96. The van der Waals surface area contributed by atoms with E-state index in [0.717, 1.165) is 21.8 Å². The number of nitrogens with two attached hydrogens (primary N) is 1. The van der Waals surface area contributed by atoms with Crippen LogP contribution in [0, 0.1) is 13.8 Å². The van der Waals surface area contributed by atoms with E-state index in [-0.39, 0.29) is 4.88 Å². The van der Waals surface area contributed by atoms with Crippen molar-refractivity contribution in [1.82, 2.24) is 0 Å². The van der Waals surface area contributed by atoms with Gasteiger partial charge in [0.1, 0.15) is 10.6 Å². The van der Waals surface area contributed by atoms with Crippen LogP contribution < -0.4 is 5.73 Å². The minimum atomic E-state index is -0.988. The van der Waals surface area contributed by atoms with E-state index in [2.05, 4.69) is 0 Å². The van der Waals surface area contributed by atoms with Gasteiger partial charge in [0.25, 0.3) is 0 Å². The lowest BCUT2D eigenvalue weighted by atomic mass is 10.1. The van der Waals surface area contributed by atoms with Crippen LogP contribution in [0.4, 0.5) is 5.69 Å². The second-order valence-electron chi connectivity index (χ2n) is 3.49. The topological polar surface area (TPSA) is 76.5 Å². The van der Waals surface area contributed by atoms with Gasteiger partial charge in [-0.3, -0.25) is 0 Å². The summed E-state index contributed by atoms with van der Waals surface area (Å²) in [5.41, 5.74) is 7.80. The minimum Gasteiger partial charge on any atom is -0.477 e. The molecule has 5 heteroatoms. The van der Waals surface area contributed by atoms with E-state index in [1.54, 1.807) is 6.26 Å². The summed E-state index contributed by atoms with van der Waals surface area (Å²) in [6, 6.07) is 1.82. The number of hydrogen-bond acceptors (Lipinski definition) is 4. The molecule has 0 aromatic carbocycles. The SMILES string of the molecule is Cc1occc1-c1sc(C(=O)O)c(N)c1C. The Labute approximate surface area is 96.3 Å². The summed E-state index contributed by atoms with van der Waals surface area (Å²) in [5, 5.41) is 8.98. The van der Waals surface area contributed by atoms with Crippen LogP contribution in [0.15, 0.2) is 16.7 Å². The molecule has 0 saturated heterocycles. The highest BCUT2D eigenvalue weighted by molar-refractivity contribution is 7.18. The Morgan fingerprint density at radius 1 is 1.50 bits per heavy atom. The molecule has 0 aliphatic carbocycles. The van der Waals surface area contributed by atoms with E-state index in [9.17, 15) is 4.79 Å². The maximum absolute atomic E-state index is 10.9. The molecule has 0 aliphatic heterocycles. The van der Waals surface area contributed by atoms with Crippen molar-refractivity contribution in [1.29, 1.82) is 0 Å². The van der Waals surface area contributed by atoms with Gasteiger partial charge in [-0.25, -0.2) is 4.79 Å². The summed E-state index contributed by atoms with van der Waals surface area (Å²) in [7, 11) is 0. The van der Waals surface area contributed by atoms with Gasteiger partial charge in [-0.05, 0) is 25.5 Å². The second kappa shape index (κ2) is 3.68. The van der Waals surface area contributed by atoms with Gasteiger partial charge in [0.15, 0.2) is 0 Å². The highest BCUT2D eigenvalue weighted by Gasteiger charge is 2.20. The van der Waals surface area contributed by atoms with Crippen LogP contribution in [0.1, 0.15) is 21.0 Å². The molecule has 0 aliphatic rings. The van der Waals surface area contributed by atoms with E-state index >= 15 is 0 Å². The number of nitrogen functional groups attached to an aromatic ring is 1. The third-order valence-corrected chi connectivity index (χ3v) is 3.82. The van der Waals surface area contributed by atoms with Gasteiger partial charge >= 0.3 is 5.97 Å². The van der Waals surface area contributed by atoms with E-state index in [1.165, 1.54) is 11.3 Å². The number of hydrogen-bond donors (Lipinski definition) is 2. The monoisotopic (exact) mass is 237 g/mol. The summed E-state index contributed by atoms with van der Waals surface area (Å²) in [5.74, 6) is -0.223. The first-order chi connectivity index (χ1) is 7.52. The predicted molar refractivity (Wildman–Crippen MR) is 62.9 cm³/mol. The summed E-state index contributed by atoms with van der Waals surface area (Å²) >= 11 is 1.18. The van der Waals surface area contributed by atoms with E-state index in [1.807, 2.05) is 19.9 Å². The van der Waals surface area contributed by atoms with Crippen LogP contribution in [0.3, 0.4) is 0 Å². The van der Waals surface area contributed by atoms with E-state index in [0.29, 0.717) is 5.69 Å². The third kappa shape index (κ3) is 1.49. The zero-order valence-electron chi connectivity index (χ0n) is 8.90. The van der Waals surface area contributed by atoms with Crippen molar-refractivity contribution in [2.45, 2.75) is 13.8 Å². The summed E-state index contributed by atoms with van der Waals surface area (Å²) in [6.07, 6.45) is 1.58. The van der Waals surface area contributed by atoms with Gasteiger partial charge in [0.05, 0.1) is 12.0 Å². The third-order valence-electron chi connectivity index (χ3n) is 2.49. The fourth-order valence-electron chi connectivity index (χ4n) is 1.56. The maximum Gasteiger partial charge on any atom is 0.348 e. The van der Waals surface area contributed by atoms with Crippen LogP contribution in [-0.2, 0) is 0 Å². The maximum atomic E-state index is 10.9. The molecule has 3 N–H and O–H groups in total. The molecule has 0 fully saturated rings. The Bertz CT molecular complexity index is 554. The molecule has 4 nitrogen and oxygen atoms in total. The Morgan fingerprint density at radius 3 is 2.62 bits per heavy atom. The molecule has 84 valence electrons. The number of furan rings is 1. The van der Waals surface area contributed by atoms with E-state index < -0.39 is 5.97 Å². The summed E-state index contributed by atoms with van der Waals surface area (Å²) < 4.78 is 5.20. The Hall–Kier alpha value is -1.75. The first-order valence-electron chi connectivity index (χ1n) is 4.69. The first kappa shape index (κ1) is 10.8. The Kier molecular flexibility index (Phi) is 2.47. The molecular weight excluding hydrogens is 226 g/mol. The summed E-state index contributed by atoms with van der Waals surface area (Å²) in [6.45, 7) is 3.66. The molecule has 16 heavy (non-hydrogen) atoms. The van der Waals surface area contributed by atoms with Crippen LogP contribution in [0.5, 0.6) is 0 Å². The lowest BCUT2D eigenvalue weighted by Crippen LogP contribution is -1.97. The average Bonchev–Trinajstić information content (AvgIpc) is 2.74. The number of carboxylic acids is 1. The normalized spacial score (nSPS) is 10.6. The predicted octanol–water partition coefficient (Wildman–Crippen LogP) is 2.91. The van der Waals surface area contributed by atoms with Crippen LogP contribution in [-0.4, -0.2) is 11.1 Å². The minimum absolute atomic E-state index is 0.188. The smallest absolute Gasteiger partial charge is 0.348 e. The molecule has 0 bridgehead atoms. The van der Waals surface area contributed by atoms with Crippen molar-refractivity contribution in [2.75, 3.05) is 5.73 Å². The molecule has 2 heterocycles. The standard InChI is InChI=1S/C11H11NO3S/c1-5-8(12)10(11(13)14)16-9(5)7-3-4-15-6(7)2/h3-4H,12H2,1-2H3,(H,13,14). The van der Waals surface area contributed by atoms with Gasteiger partial charge in [0.2, 0.25) is 0 Å². The number of anilines is 1. The van der Waals surface area contributed by atoms with Crippen molar-refractivity contribution >= 4 is 23.0 Å². The van der Waals surface area contributed by atoms with E-state index in [4.69, 9.17) is 15.3 Å². The molecule has 0 atom stereocenters. The van der Waals surface area contributed by atoms with Crippen LogP contribution in [0.25, 0.3) is 10.4 Å². The number of thiophene rings is 1. The quantitative estimate of drug-likeness (QED) is 0.841. The Morgan fingerprint density at radius 2 is 2.19 bits per heavy atom. The molecule has 0 spiro atoms. The van der Waals surface area contributed by atoms with Crippen molar-refractivity contribution in [3.63, 3.8) is 0 Å². The number of aryl methyl sites for hydroxylation is 1. The molecule has 0 amide bonds. The number of aromatic carboxylic acids is 1. The largest absolute Gasteiger partial charge is 0.477 e. The van der Waals surface area contributed by atoms with Crippen molar-refractivity contribution in [3.8, 4) is 10.4 Å².